The van der Waals surface area contributed by atoms with Gasteiger partial charge in [0.25, 0.3) is 5.91 Å². The molecule has 2 unspecified atom stereocenters. The number of hydrogen-bond acceptors (Lipinski definition) is 7. The van der Waals surface area contributed by atoms with Crippen LogP contribution in [0.25, 0.3) is 0 Å². The number of amides is 5. The number of benzene rings is 1. The third-order valence-corrected chi connectivity index (χ3v) is 6.01. The highest BCUT2D eigenvalue weighted by Gasteiger charge is 2.41. The first-order valence-corrected chi connectivity index (χ1v) is 13.4. The van der Waals surface area contributed by atoms with Crippen LogP contribution in [0.4, 0.5) is 4.79 Å². The van der Waals surface area contributed by atoms with Crippen molar-refractivity contribution in [3.8, 4) is 0 Å². The Morgan fingerprint density at radius 3 is 2.23 bits per heavy atom. The van der Waals surface area contributed by atoms with Gasteiger partial charge in [0, 0.05) is 12.1 Å². The van der Waals surface area contributed by atoms with E-state index in [1.165, 1.54) is 4.90 Å². The number of carbonyl (C=O) groups is 5. The van der Waals surface area contributed by atoms with Crippen LogP contribution < -0.4 is 21.7 Å². The summed E-state index contributed by atoms with van der Waals surface area (Å²) in [5.74, 6) is -2.71. The second-order valence-electron chi connectivity index (χ2n) is 12.0. The van der Waals surface area contributed by atoms with Crippen LogP contribution >= 0.6 is 0 Å². The molecule has 1 aliphatic rings. The van der Waals surface area contributed by atoms with Gasteiger partial charge in [-0.15, -0.1) is 0 Å². The van der Waals surface area contributed by atoms with Gasteiger partial charge < -0.3 is 36.4 Å². The van der Waals surface area contributed by atoms with Crippen molar-refractivity contribution in [3.63, 3.8) is 0 Å². The molecule has 1 heterocycles. The number of alkyl carbamates (subject to hydrolysis) is 1. The van der Waals surface area contributed by atoms with Crippen molar-refractivity contribution in [3.05, 3.63) is 35.9 Å². The Morgan fingerprint density at radius 2 is 1.68 bits per heavy atom. The van der Waals surface area contributed by atoms with Gasteiger partial charge in [-0.1, -0.05) is 30.3 Å². The minimum Gasteiger partial charge on any atom is -0.444 e. The Balaban J connectivity index is 2.28. The summed E-state index contributed by atoms with van der Waals surface area (Å²) in [5.41, 5.74) is 4.66. The predicted molar refractivity (Wildman–Crippen MR) is 148 cm³/mol. The highest BCUT2D eigenvalue weighted by molar-refractivity contribution is 5.93. The van der Waals surface area contributed by atoms with Gasteiger partial charge in [0.05, 0.1) is 12.5 Å². The van der Waals surface area contributed by atoms with E-state index < -0.39 is 65.6 Å². The SMILES string of the molecule is CC(C)(C)NC(=O)[C@@H]1CCCN1C(=O)C(O)C(Cc1ccccc1)NC(=O)[C@H](CC(N)=O)NC(=O)OC(C)(C)C. The number of carbonyl (C=O) groups excluding carboxylic acids is 5. The number of nitrogens with one attached hydrogen (secondary N) is 3. The highest BCUT2D eigenvalue weighted by Crippen LogP contribution is 2.21. The normalized spacial score (nSPS) is 17.8. The highest BCUT2D eigenvalue weighted by atomic mass is 16.6. The van der Waals surface area contributed by atoms with E-state index in [0.29, 0.717) is 12.8 Å². The summed E-state index contributed by atoms with van der Waals surface area (Å²) in [5, 5.41) is 19.1. The molecule has 5 amide bonds. The van der Waals surface area contributed by atoms with Crippen LogP contribution in [0.15, 0.2) is 30.3 Å². The van der Waals surface area contributed by atoms with Crippen molar-refractivity contribution in [1.29, 1.82) is 0 Å². The van der Waals surface area contributed by atoms with Crippen LogP contribution in [0.5, 0.6) is 0 Å². The minimum atomic E-state index is -1.72. The molecule has 1 aromatic carbocycles. The number of ether oxygens (including phenoxy) is 1. The number of primary amides is 1. The van der Waals surface area contributed by atoms with Gasteiger partial charge in [0.15, 0.2) is 6.10 Å². The predicted octanol–water partition coefficient (Wildman–Crippen LogP) is 0.749. The maximum atomic E-state index is 13.5. The average molecular weight is 562 g/mol. The Bertz CT molecular complexity index is 1070. The molecule has 1 aromatic rings. The van der Waals surface area contributed by atoms with Gasteiger partial charge in [-0.05, 0) is 66.4 Å². The second-order valence-corrected chi connectivity index (χ2v) is 12.0. The zero-order chi connectivity index (χ0) is 30.3. The number of nitrogens with zero attached hydrogens (tertiary/aromatic N) is 1. The maximum Gasteiger partial charge on any atom is 0.408 e. The maximum absolute atomic E-state index is 13.5. The lowest BCUT2D eigenvalue weighted by atomic mass is 9.99. The molecule has 1 saturated heterocycles. The standard InChI is InChI=1S/C28H43N5O7/c1-27(2,3)32-24(37)20-13-10-14-33(20)25(38)22(35)18(15-17-11-8-7-9-12-17)30-23(36)19(16-21(29)34)31-26(39)40-28(4,5)6/h7-9,11-12,18-20,22,35H,10,13-16H2,1-6H3,(H2,29,34)(H,30,36)(H,31,39)(H,32,37)/t18?,19-,20-,22?/m0/s1. The molecule has 0 spiro atoms. The molecular formula is C28H43N5O7. The van der Waals surface area contributed by atoms with Crippen LogP contribution in [0.1, 0.15) is 66.4 Å². The van der Waals surface area contributed by atoms with E-state index in [-0.39, 0.29) is 18.9 Å². The molecule has 0 aliphatic carbocycles. The molecule has 6 N–H and O–H groups in total. The molecular weight excluding hydrogens is 518 g/mol. The van der Waals surface area contributed by atoms with Crippen LogP contribution in [-0.4, -0.2) is 81.6 Å². The molecule has 222 valence electrons. The van der Waals surface area contributed by atoms with Crippen molar-refractivity contribution in [2.24, 2.45) is 5.73 Å². The van der Waals surface area contributed by atoms with Crippen LogP contribution in [0.2, 0.25) is 0 Å². The topological polar surface area (TPSA) is 180 Å². The van der Waals surface area contributed by atoms with Gasteiger partial charge in [-0.25, -0.2) is 4.79 Å². The van der Waals surface area contributed by atoms with Crippen LogP contribution in [-0.2, 0) is 30.3 Å². The first kappa shape index (κ1) is 32.5. The molecule has 1 fully saturated rings. The number of aliphatic hydroxyl groups is 1. The molecule has 0 aromatic heterocycles. The first-order valence-electron chi connectivity index (χ1n) is 13.4. The van der Waals surface area contributed by atoms with E-state index in [2.05, 4.69) is 16.0 Å². The summed E-state index contributed by atoms with van der Waals surface area (Å²) < 4.78 is 5.19. The summed E-state index contributed by atoms with van der Waals surface area (Å²) in [7, 11) is 0. The van der Waals surface area contributed by atoms with Crippen LogP contribution in [0.3, 0.4) is 0 Å². The molecule has 4 atom stereocenters. The minimum absolute atomic E-state index is 0.0575. The Labute approximate surface area is 235 Å². The van der Waals surface area contributed by atoms with Crippen molar-refractivity contribution in [2.75, 3.05) is 6.54 Å². The van der Waals surface area contributed by atoms with Crippen molar-refractivity contribution in [2.45, 2.75) is 103 Å². The zero-order valence-electron chi connectivity index (χ0n) is 24.2. The van der Waals surface area contributed by atoms with Gasteiger partial charge >= 0.3 is 6.09 Å². The Hall–Kier alpha value is -3.67. The molecule has 0 bridgehead atoms. The quantitative estimate of drug-likeness (QED) is 0.279. The molecule has 1 aliphatic heterocycles. The van der Waals surface area contributed by atoms with E-state index in [9.17, 15) is 29.1 Å². The molecule has 12 nitrogen and oxygen atoms in total. The number of rotatable bonds is 10. The van der Waals surface area contributed by atoms with E-state index in [0.717, 1.165) is 5.56 Å². The van der Waals surface area contributed by atoms with E-state index >= 15 is 0 Å². The van der Waals surface area contributed by atoms with Crippen molar-refractivity contribution < 1.29 is 33.8 Å². The van der Waals surface area contributed by atoms with Crippen molar-refractivity contribution in [1.82, 2.24) is 20.9 Å². The largest absolute Gasteiger partial charge is 0.444 e. The van der Waals surface area contributed by atoms with E-state index in [1.54, 1.807) is 51.1 Å². The molecule has 0 radical (unpaired) electrons. The number of nitrogens with two attached hydrogens (primary N) is 1. The molecule has 40 heavy (non-hydrogen) atoms. The van der Waals surface area contributed by atoms with E-state index in [4.69, 9.17) is 10.5 Å². The summed E-state index contributed by atoms with van der Waals surface area (Å²) in [6, 6.07) is 5.57. The first-order chi connectivity index (χ1) is 18.5. The van der Waals surface area contributed by atoms with Gasteiger partial charge in [0.1, 0.15) is 17.7 Å². The Morgan fingerprint density at radius 1 is 1.05 bits per heavy atom. The third-order valence-electron chi connectivity index (χ3n) is 6.01. The summed E-state index contributed by atoms with van der Waals surface area (Å²) in [6.45, 7) is 10.7. The summed E-state index contributed by atoms with van der Waals surface area (Å²) in [6.07, 6.45) is -2.11. The van der Waals surface area contributed by atoms with Crippen molar-refractivity contribution >= 4 is 29.7 Å². The summed E-state index contributed by atoms with van der Waals surface area (Å²) >= 11 is 0. The fourth-order valence-corrected chi connectivity index (χ4v) is 4.35. The summed E-state index contributed by atoms with van der Waals surface area (Å²) in [4.78, 5) is 65.0. The molecule has 2 rings (SSSR count). The monoisotopic (exact) mass is 561 g/mol. The lowest BCUT2D eigenvalue weighted by Crippen LogP contribution is -2.59. The number of aliphatic hydroxyl groups excluding tert-OH is 1. The molecule has 12 heteroatoms. The van der Waals surface area contributed by atoms with Crippen LogP contribution in [0, 0.1) is 0 Å². The second kappa shape index (κ2) is 13.6. The fraction of sp³-hybridized carbons (Fsp3) is 0.607. The van der Waals surface area contributed by atoms with Gasteiger partial charge in [-0.2, -0.15) is 0 Å². The average Bonchev–Trinajstić information content (AvgIpc) is 3.30. The number of hydrogen-bond donors (Lipinski definition) is 5. The smallest absolute Gasteiger partial charge is 0.408 e. The third kappa shape index (κ3) is 10.5. The zero-order valence-corrected chi connectivity index (χ0v) is 24.2. The fourth-order valence-electron chi connectivity index (χ4n) is 4.35. The van der Waals surface area contributed by atoms with Gasteiger partial charge in [-0.3, -0.25) is 19.2 Å². The number of likely N-dealkylation sites (tertiary alicyclic amines) is 1. The Kier molecular flexibility index (Phi) is 11.1. The molecule has 0 saturated carbocycles. The lowest BCUT2D eigenvalue weighted by molar-refractivity contribution is -0.147. The van der Waals surface area contributed by atoms with E-state index in [1.807, 2.05) is 20.8 Å². The van der Waals surface area contributed by atoms with Gasteiger partial charge in [0.2, 0.25) is 17.7 Å². The lowest BCUT2D eigenvalue weighted by Gasteiger charge is -2.32.